The van der Waals surface area contributed by atoms with Crippen molar-refractivity contribution in [1.29, 1.82) is 0 Å². The summed E-state index contributed by atoms with van der Waals surface area (Å²) in [4.78, 5) is 9.88. The van der Waals surface area contributed by atoms with E-state index >= 15 is 0 Å². The molecule has 0 spiro atoms. The number of carbonyl (C=O) groups is 1. The van der Waals surface area contributed by atoms with E-state index in [2.05, 4.69) is 10.8 Å². The zero-order chi connectivity index (χ0) is 19.9. The van der Waals surface area contributed by atoms with Crippen molar-refractivity contribution in [2.24, 2.45) is 5.92 Å². The summed E-state index contributed by atoms with van der Waals surface area (Å²) in [5, 5.41) is 8.58. The average Bonchev–Trinajstić information content (AvgIpc) is 3.03. The summed E-state index contributed by atoms with van der Waals surface area (Å²) < 4.78 is 53.6. The molecule has 5 nitrogen and oxygen atoms in total. The lowest BCUT2D eigenvalue weighted by Gasteiger charge is -2.15. The number of halogens is 2. The largest absolute Gasteiger partial charge is 0.481 e. The molecule has 0 radical (unpaired) electrons. The first-order valence-corrected chi connectivity index (χ1v) is 10.3. The Hall–Kier alpha value is -2.06. The maximum atomic E-state index is 13.7. The first-order chi connectivity index (χ1) is 12.8. The lowest BCUT2D eigenvalue weighted by atomic mass is 9.99. The maximum absolute atomic E-state index is 13.7. The highest BCUT2D eigenvalue weighted by molar-refractivity contribution is 7.89. The van der Waals surface area contributed by atoms with Crippen LogP contribution in [0.5, 0.6) is 0 Å². The number of carboxylic acid groups (broad SMARTS) is 1. The third-order valence-electron chi connectivity index (χ3n) is 4.43. The van der Waals surface area contributed by atoms with Crippen LogP contribution in [-0.4, -0.2) is 26.0 Å². The molecule has 1 atom stereocenters. The number of allylic oxidation sites excluding steroid dienone is 3. The molecule has 1 aromatic rings. The number of carboxylic acids is 1. The third kappa shape index (κ3) is 6.55. The van der Waals surface area contributed by atoms with Crippen molar-refractivity contribution in [3.63, 3.8) is 0 Å². The summed E-state index contributed by atoms with van der Waals surface area (Å²) in [7, 11) is -4.05. The minimum atomic E-state index is -4.05. The SMILES string of the molecule is O=C(O)CCC/C=C\CC1=CCC[C@@H]1CNS(=O)(=O)c1ccc(F)cc1F. The number of nitrogens with one attached hydrogen (secondary N) is 1. The molecule has 8 heteroatoms. The van der Waals surface area contributed by atoms with Gasteiger partial charge in [-0.3, -0.25) is 4.79 Å². The van der Waals surface area contributed by atoms with Crippen molar-refractivity contribution < 1.29 is 27.1 Å². The van der Waals surface area contributed by atoms with E-state index in [0.29, 0.717) is 25.3 Å². The summed E-state index contributed by atoms with van der Waals surface area (Å²) >= 11 is 0. The second-order valence-electron chi connectivity index (χ2n) is 6.44. The minimum absolute atomic E-state index is 0.0203. The van der Waals surface area contributed by atoms with Gasteiger partial charge in [0.2, 0.25) is 10.0 Å². The molecule has 0 aromatic heterocycles. The predicted molar refractivity (Wildman–Crippen MR) is 97.6 cm³/mol. The molecule has 0 fully saturated rings. The van der Waals surface area contributed by atoms with Gasteiger partial charge in [-0.1, -0.05) is 23.8 Å². The van der Waals surface area contributed by atoms with E-state index in [0.717, 1.165) is 30.5 Å². The molecule has 148 valence electrons. The Morgan fingerprint density at radius 1 is 1.30 bits per heavy atom. The summed E-state index contributed by atoms with van der Waals surface area (Å²) in [5.74, 6) is -2.74. The van der Waals surface area contributed by atoms with E-state index in [9.17, 15) is 22.0 Å². The number of rotatable bonds is 10. The Kier molecular flexibility index (Phi) is 7.67. The number of hydrogen-bond acceptors (Lipinski definition) is 3. The van der Waals surface area contributed by atoms with Gasteiger partial charge in [-0.2, -0.15) is 0 Å². The van der Waals surface area contributed by atoms with Gasteiger partial charge in [0.15, 0.2) is 0 Å². The van der Waals surface area contributed by atoms with Gasteiger partial charge in [0.1, 0.15) is 16.5 Å². The van der Waals surface area contributed by atoms with Crippen molar-refractivity contribution in [3.05, 3.63) is 53.6 Å². The van der Waals surface area contributed by atoms with Crippen LogP contribution in [-0.2, 0) is 14.8 Å². The summed E-state index contributed by atoms with van der Waals surface area (Å²) in [5.41, 5.74) is 1.10. The smallest absolute Gasteiger partial charge is 0.303 e. The number of aliphatic carboxylic acids is 1. The van der Waals surface area contributed by atoms with Crippen LogP contribution in [0.25, 0.3) is 0 Å². The molecule has 1 aliphatic rings. The molecule has 0 saturated heterocycles. The quantitative estimate of drug-likeness (QED) is 0.463. The van der Waals surface area contributed by atoms with Crippen LogP contribution in [0.1, 0.15) is 38.5 Å². The number of benzene rings is 1. The van der Waals surface area contributed by atoms with Crippen molar-refractivity contribution in [2.45, 2.75) is 43.4 Å². The molecule has 0 unspecified atom stereocenters. The highest BCUT2D eigenvalue weighted by Gasteiger charge is 2.24. The van der Waals surface area contributed by atoms with E-state index < -0.39 is 32.5 Å². The van der Waals surface area contributed by atoms with E-state index in [1.807, 2.05) is 12.2 Å². The van der Waals surface area contributed by atoms with Crippen molar-refractivity contribution >= 4 is 16.0 Å². The van der Waals surface area contributed by atoms with Crippen LogP contribution in [0, 0.1) is 17.6 Å². The normalized spacial score (nSPS) is 17.4. The first kappa shape index (κ1) is 21.2. The van der Waals surface area contributed by atoms with Crippen molar-refractivity contribution in [1.82, 2.24) is 4.72 Å². The highest BCUT2D eigenvalue weighted by Crippen LogP contribution is 2.28. The summed E-state index contributed by atoms with van der Waals surface area (Å²) in [6, 6.07) is 2.37. The van der Waals surface area contributed by atoms with Crippen LogP contribution in [0.15, 0.2) is 46.9 Å². The molecule has 0 heterocycles. The van der Waals surface area contributed by atoms with E-state index in [1.54, 1.807) is 0 Å². The molecule has 1 aliphatic carbocycles. The monoisotopic (exact) mass is 399 g/mol. The van der Waals surface area contributed by atoms with Gasteiger partial charge < -0.3 is 5.11 Å². The fourth-order valence-electron chi connectivity index (χ4n) is 2.99. The number of sulfonamides is 1. The molecule has 1 aromatic carbocycles. The van der Waals surface area contributed by atoms with Crippen LogP contribution < -0.4 is 4.72 Å². The highest BCUT2D eigenvalue weighted by atomic mass is 32.2. The molecular formula is C19H23F2NO4S. The van der Waals surface area contributed by atoms with Gasteiger partial charge in [-0.25, -0.2) is 21.9 Å². The van der Waals surface area contributed by atoms with Crippen molar-refractivity contribution in [3.8, 4) is 0 Å². The third-order valence-corrected chi connectivity index (χ3v) is 5.89. The van der Waals surface area contributed by atoms with Gasteiger partial charge in [0.05, 0.1) is 0 Å². The van der Waals surface area contributed by atoms with E-state index in [4.69, 9.17) is 5.11 Å². The molecule has 0 bridgehead atoms. The van der Waals surface area contributed by atoms with Crippen LogP contribution >= 0.6 is 0 Å². The fourth-order valence-corrected chi connectivity index (χ4v) is 4.13. The zero-order valence-corrected chi connectivity index (χ0v) is 15.6. The average molecular weight is 399 g/mol. The lowest BCUT2D eigenvalue weighted by molar-refractivity contribution is -0.137. The molecular weight excluding hydrogens is 376 g/mol. The minimum Gasteiger partial charge on any atom is -0.481 e. The molecule has 0 amide bonds. The second kappa shape index (κ2) is 9.75. The van der Waals surface area contributed by atoms with Gasteiger partial charge in [-0.15, -0.1) is 0 Å². The van der Waals surface area contributed by atoms with Gasteiger partial charge in [0, 0.05) is 19.0 Å². The Balaban J connectivity index is 1.86. The standard InChI is InChI=1S/C19H23F2NO4S/c20-16-10-11-18(17(21)12-16)27(25,26)22-13-15-8-5-7-14(15)6-3-1-2-4-9-19(23)24/h1,3,7,10-12,15,22H,2,4-6,8-9,13H2,(H,23,24)/b3-1-/t15-/m1/s1. The molecule has 0 saturated carbocycles. The maximum Gasteiger partial charge on any atom is 0.303 e. The summed E-state index contributed by atoms with van der Waals surface area (Å²) in [6.45, 7) is 0.151. The second-order valence-corrected chi connectivity index (χ2v) is 8.18. The predicted octanol–water partition coefficient (Wildman–Crippen LogP) is 3.78. The van der Waals surface area contributed by atoms with Gasteiger partial charge in [-0.05, 0) is 50.2 Å². The number of hydrogen-bond donors (Lipinski definition) is 2. The van der Waals surface area contributed by atoms with Crippen LogP contribution in [0.2, 0.25) is 0 Å². The van der Waals surface area contributed by atoms with E-state index in [-0.39, 0.29) is 18.9 Å². The van der Waals surface area contributed by atoms with E-state index in [1.165, 1.54) is 0 Å². The Labute approximate surface area is 157 Å². The van der Waals surface area contributed by atoms with Crippen molar-refractivity contribution in [2.75, 3.05) is 6.54 Å². The first-order valence-electron chi connectivity index (χ1n) is 8.80. The molecule has 2 N–H and O–H groups in total. The Bertz CT molecular complexity index is 834. The summed E-state index contributed by atoms with van der Waals surface area (Å²) in [6.07, 6.45) is 9.67. The van der Waals surface area contributed by atoms with Gasteiger partial charge in [0.25, 0.3) is 0 Å². The lowest BCUT2D eigenvalue weighted by Crippen LogP contribution is -2.30. The molecule has 27 heavy (non-hydrogen) atoms. The Morgan fingerprint density at radius 2 is 2.07 bits per heavy atom. The molecule has 2 rings (SSSR count). The Morgan fingerprint density at radius 3 is 2.78 bits per heavy atom. The molecule has 0 aliphatic heterocycles. The fraction of sp³-hybridized carbons (Fsp3) is 0.421. The van der Waals surface area contributed by atoms with Crippen LogP contribution in [0.4, 0.5) is 8.78 Å². The topological polar surface area (TPSA) is 83.5 Å². The number of unbranched alkanes of at least 4 members (excludes halogenated alkanes) is 1. The van der Waals surface area contributed by atoms with Gasteiger partial charge >= 0.3 is 5.97 Å². The van der Waals surface area contributed by atoms with Crippen LogP contribution in [0.3, 0.4) is 0 Å². The zero-order valence-electron chi connectivity index (χ0n) is 14.8.